The molecule has 0 heterocycles. The summed E-state index contributed by atoms with van der Waals surface area (Å²) in [5.41, 5.74) is 3.83. The minimum atomic E-state index is -0.315. The molecule has 0 radical (unpaired) electrons. The number of rotatable bonds is 16. The molecule has 0 saturated carbocycles. The van der Waals surface area contributed by atoms with Crippen molar-refractivity contribution in [2.75, 3.05) is 33.9 Å². The van der Waals surface area contributed by atoms with Gasteiger partial charge in [0, 0.05) is 16.4 Å². The van der Waals surface area contributed by atoms with Gasteiger partial charge >= 0.3 is 0 Å². The van der Waals surface area contributed by atoms with Crippen LogP contribution in [0, 0.1) is 4.91 Å². The number of hydrogen-bond acceptors (Lipinski definition) is 10. The number of carbonyl (C=O) groups excluding carboxylic acids is 1. The molecule has 3 aromatic carbocycles. The summed E-state index contributed by atoms with van der Waals surface area (Å²) in [7, 11) is 6.10. The largest absolute Gasteiger partial charge is 0.496 e. The SMILES string of the molecule is CCCCCCCCC(SC(=O)c1ccc(OC)c(OC)c1)c1cc(OC)c2c(NO)ccc(N=O)c2c1OC. The van der Waals surface area contributed by atoms with E-state index in [-0.39, 0.29) is 16.1 Å². The molecule has 9 nitrogen and oxygen atoms in total. The Labute approximate surface area is 239 Å². The van der Waals surface area contributed by atoms with Gasteiger partial charge in [-0.05, 0) is 48.0 Å². The highest BCUT2D eigenvalue weighted by molar-refractivity contribution is 8.14. The van der Waals surface area contributed by atoms with Crippen LogP contribution in [0.2, 0.25) is 0 Å². The number of nitrogens with one attached hydrogen (secondary N) is 1. The molecule has 0 spiro atoms. The summed E-state index contributed by atoms with van der Waals surface area (Å²) in [4.78, 5) is 25.4. The van der Waals surface area contributed by atoms with Crippen LogP contribution in [0.15, 0.2) is 41.6 Å². The number of anilines is 1. The minimum absolute atomic E-state index is 0.139. The Morgan fingerprint density at radius 2 is 1.57 bits per heavy atom. The van der Waals surface area contributed by atoms with Crippen LogP contribution < -0.4 is 24.4 Å². The van der Waals surface area contributed by atoms with Crippen molar-refractivity contribution in [2.45, 2.75) is 57.1 Å². The van der Waals surface area contributed by atoms with E-state index < -0.39 is 0 Å². The monoisotopic (exact) mass is 570 g/mol. The third kappa shape index (κ3) is 6.98. The van der Waals surface area contributed by atoms with Crippen molar-refractivity contribution in [1.82, 2.24) is 0 Å². The fourth-order valence-electron chi connectivity index (χ4n) is 4.84. The molecule has 0 aliphatic rings. The zero-order valence-electron chi connectivity index (χ0n) is 23.7. The minimum Gasteiger partial charge on any atom is -0.496 e. The second kappa shape index (κ2) is 15.3. The first kappa shape index (κ1) is 31.0. The highest BCUT2D eigenvalue weighted by Gasteiger charge is 2.27. The molecule has 0 aliphatic carbocycles. The van der Waals surface area contributed by atoms with Gasteiger partial charge in [0.25, 0.3) is 0 Å². The fraction of sp³-hybridized carbons (Fsp3) is 0.433. The third-order valence-electron chi connectivity index (χ3n) is 6.88. The van der Waals surface area contributed by atoms with Crippen LogP contribution in [0.25, 0.3) is 10.8 Å². The van der Waals surface area contributed by atoms with E-state index in [1.54, 1.807) is 31.4 Å². The average Bonchev–Trinajstić information content (AvgIpc) is 3.00. The summed E-state index contributed by atoms with van der Waals surface area (Å²) >= 11 is 1.19. The predicted octanol–water partition coefficient (Wildman–Crippen LogP) is 8.44. The molecule has 0 bridgehead atoms. The molecule has 0 amide bonds. The molecule has 3 aromatic rings. The first-order chi connectivity index (χ1) is 19.5. The molecule has 2 N–H and O–H groups in total. The quantitative estimate of drug-likeness (QED) is 0.0994. The maximum atomic E-state index is 13.6. The lowest BCUT2D eigenvalue weighted by Crippen LogP contribution is -2.06. The summed E-state index contributed by atoms with van der Waals surface area (Å²) in [6.45, 7) is 2.19. The van der Waals surface area contributed by atoms with Crippen molar-refractivity contribution in [1.29, 1.82) is 0 Å². The second-order valence-corrected chi connectivity index (χ2v) is 10.5. The summed E-state index contributed by atoms with van der Waals surface area (Å²) < 4.78 is 22.3. The van der Waals surface area contributed by atoms with E-state index in [0.29, 0.717) is 57.0 Å². The molecule has 1 atom stereocenters. The number of unbranched alkanes of at least 4 members (excludes halogenated alkanes) is 5. The van der Waals surface area contributed by atoms with Gasteiger partial charge in [-0.2, -0.15) is 0 Å². The lowest BCUT2D eigenvalue weighted by molar-refractivity contribution is 0.108. The topological polar surface area (TPSA) is 116 Å². The Kier molecular flexibility index (Phi) is 11.9. The summed E-state index contributed by atoms with van der Waals surface area (Å²) in [6.07, 6.45) is 7.31. The summed E-state index contributed by atoms with van der Waals surface area (Å²) in [6, 6.07) is 9.95. The van der Waals surface area contributed by atoms with E-state index in [4.69, 9.17) is 18.9 Å². The van der Waals surface area contributed by atoms with Crippen molar-refractivity contribution in [3.8, 4) is 23.0 Å². The molecule has 3 rings (SSSR count). The van der Waals surface area contributed by atoms with Gasteiger partial charge < -0.3 is 18.9 Å². The number of thioether (sulfide) groups is 1. The number of benzene rings is 3. The van der Waals surface area contributed by atoms with Gasteiger partial charge in [0.05, 0.1) is 44.9 Å². The Morgan fingerprint density at radius 1 is 0.875 bits per heavy atom. The number of nitroso groups, excluding NO2 is 1. The lowest BCUT2D eigenvalue weighted by atomic mass is 9.96. The molecular formula is C30H38N2O7S. The molecule has 40 heavy (non-hydrogen) atoms. The molecule has 10 heteroatoms. The summed E-state index contributed by atoms with van der Waals surface area (Å²) in [5, 5.41) is 13.4. The predicted molar refractivity (Wildman–Crippen MR) is 160 cm³/mol. The highest BCUT2D eigenvalue weighted by atomic mass is 32.2. The first-order valence-corrected chi connectivity index (χ1v) is 14.2. The van der Waals surface area contributed by atoms with Gasteiger partial charge in [0.1, 0.15) is 17.2 Å². The second-order valence-electron chi connectivity index (χ2n) is 9.31. The van der Waals surface area contributed by atoms with Crippen LogP contribution in [0.3, 0.4) is 0 Å². The third-order valence-corrected chi connectivity index (χ3v) is 8.11. The van der Waals surface area contributed by atoms with E-state index in [0.717, 1.165) is 19.3 Å². The maximum Gasteiger partial charge on any atom is 0.220 e. The van der Waals surface area contributed by atoms with Crippen molar-refractivity contribution < 1.29 is 28.9 Å². The van der Waals surface area contributed by atoms with Gasteiger partial charge in [-0.25, -0.2) is 0 Å². The Balaban J connectivity index is 2.10. The molecule has 0 fully saturated rings. The number of hydrogen-bond donors (Lipinski definition) is 2. The number of nitrogens with zero attached hydrogens (tertiary/aromatic N) is 1. The fourth-order valence-corrected chi connectivity index (χ4v) is 5.95. The van der Waals surface area contributed by atoms with Crippen LogP contribution >= 0.6 is 11.8 Å². The molecule has 0 aromatic heterocycles. The lowest BCUT2D eigenvalue weighted by Gasteiger charge is -2.23. The van der Waals surface area contributed by atoms with E-state index in [9.17, 15) is 14.9 Å². The van der Waals surface area contributed by atoms with Crippen molar-refractivity contribution in [2.24, 2.45) is 5.18 Å². The van der Waals surface area contributed by atoms with Gasteiger partial charge in [-0.15, -0.1) is 4.91 Å². The maximum absolute atomic E-state index is 13.6. The van der Waals surface area contributed by atoms with Crippen molar-refractivity contribution in [3.05, 3.63) is 52.4 Å². The van der Waals surface area contributed by atoms with Gasteiger partial charge in [-0.1, -0.05) is 57.2 Å². The van der Waals surface area contributed by atoms with Crippen LogP contribution in [-0.2, 0) is 0 Å². The van der Waals surface area contributed by atoms with Gasteiger partial charge in [-0.3, -0.25) is 15.5 Å². The number of fused-ring (bicyclic) bond motifs is 1. The molecule has 216 valence electrons. The number of ether oxygens (including phenoxy) is 4. The van der Waals surface area contributed by atoms with Gasteiger partial charge in [0.2, 0.25) is 5.12 Å². The van der Waals surface area contributed by atoms with Crippen molar-refractivity contribution >= 4 is 39.0 Å². The Bertz CT molecular complexity index is 1320. The molecule has 0 aliphatic heterocycles. The van der Waals surface area contributed by atoms with Crippen LogP contribution in [0.4, 0.5) is 11.4 Å². The van der Waals surface area contributed by atoms with Gasteiger partial charge in [0.15, 0.2) is 11.5 Å². The zero-order chi connectivity index (χ0) is 29.1. The van der Waals surface area contributed by atoms with Crippen LogP contribution in [-0.4, -0.2) is 38.8 Å². The van der Waals surface area contributed by atoms with Crippen molar-refractivity contribution in [3.63, 3.8) is 0 Å². The molecular weight excluding hydrogens is 532 g/mol. The Hall–Kier alpha value is -3.50. The summed E-state index contributed by atoms with van der Waals surface area (Å²) in [5.74, 6) is 1.83. The standard InChI is InChI=1S/C30H38N2O7S/c1-6-7-8-9-10-11-12-26(40-30(33)19-13-16-23(36-2)24(17-19)37-3)20-18-25(38-4)27-21(31-34)14-15-22(32-35)28(27)29(20)39-5/h13-18,26,31,34H,6-12H2,1-5H3. The van der Waals surface area contributed by atoms with E-state index >= 15 is 0 Å². The first-order valence-electron chi connectivity index (χ1n) is 13.4. The van der Waals surface area contributed by atoms with E-state index in [2.05, 4.69) is 17.6 Å². The average molecular weight is 571 g/mol. The highest BCUT2D eigenvalue weighted by Crippen LogP contribution is 2.50. The molecule has 1 unspecified atom stereocenters. The zero-order valence-corrected chi connectivity index (χ0v) is 24.6. The number of methoxy groups -OCH3 is 4. The van der Waals surface area contributed by atoms with E-state index in [1.807, 2.05) is 6.07 Å². The number of carbonyl (C=O) groups is 1. The normalized spacial score (nSPS) is 11.7. The molecule has 0 saturated heterocycles. The van der Waals surface area contributed by atoms with Crippen LogP contribution in [0.1, 0.15) is 73.0 Å². The van der Waals surface area contributed by atoms with E-state index in [1.165, 1.54) is 58.4 Å². The van der Waals surface area contributed by atoms with Crippen LogP contribution in [0.5, 0.6) is 23.0 Å². The smallest absolute Gasteiger partial charge is 0.220 e. The Morgan fingerprint density at radius 3 is 2.20 bits per heavy atom.